The Morgan fingerprint density at radius 3 is 2.55 bits per heavy atom. The number of benzene rings is 2. The fourth-order valence-electron chi connectivity index (χ4n) is 5.07. The molecule has 2 aliphatic heterocycles. The molecule has 0 radical (unpaired) electrons. The molecule has 1 aromatic heterocycles. The first kappa shape index (κ1) is 21.7. The van der Waals surface area contributed by atoms with E-state index in [1.165, 1.54) is 7.11 Å². The molecule has 33 heavy (non-hydrogen) atoms. The molecule has 7 nitrogen and oxygen atoms in total. The van der Waals surface area contributed by atoms with E-state index in [1.807, 2.05) is 13.8 Å². The topological polar surface area (TPSA) is 100 Å². The second-order valence-corrected chi connectivity index (χ2v) is 9.20. The number of aryl methyl sites for hydroxylation is 1. The van der Waals surface area contributed by atoms with Crippen molar-refractivity contribution in [1.29, 1.82) is 5.26 Å². The van der Waals surface area contributed by atoms with Crippen LogP contribution in [-0.4, -0.2) is 42.3 Å². The molecule has 0 spiro atoms. The molecule has 2 unspecified atom stereocenters. The van der Waals surface area contributed by atoms with Gasteiger partial charge in [-0.15, -0.1) is 0 Å². The van der Waals surface area contributed by atoms with Gasteiger partial charge in [-0.3, -0.25) is 0 Å². The van der Waals surface area contributed by atoms with Gasteiger partial charge in [0.1, 0.15) is 17.4 Å². The standard InChI is InChI=1S/C24H24ClFN6O/c1-11-6-18(28)16(8-27)19(12(11)2)20-17(25)7-15-22(21(20)26)30-24(33-3)31-23(15)32-9-13-4-5-14(10-32)29-13/h6-7,13-14,29H,4-5,9-10,28H2,1-3H3. The average molecular weight is 467 g/mol. The number of aromatic nitrogens is 2. The lowest BCUT2D eigenvalue weighted by Crippen LogP contribution is -2.51. The molecule has 5 rings (SSSR count). The van der Waals surface area contributed by atoms with Gasteiger partial charge in [0.15, 0.2) is 5.82 Å². The Morgan fingerprint density at radius 1 is 1.21 bits per heavy atom. The Morgan fingerprint density at radius 2 is 1.91 bits per heavy atom. The van der Waals surface area contributed by atoms with Crippen LogP contribution >= 0.6 is 11.6 Å². The molecule has 2 fully saturated rings. The minimum Gasteiger partial charge on any atom is -0.467 e. The summed E-state index contributed by atoms with van der Waals surface area (Å²) in [6, 6.07) is 6.34. The number of nitriles is 1. The molecule has 170 valence electrons. The summed E-state index contributed by atoms with van der Waals surface area (Å²) in [7, 11) is 1.46. The van der Waals surface area contributed by atoms with E-state index >= 15 is 4.39 Å². The van der Waals surface area contributed by atoms with Crippen molar-refractivity contribution in [2.45, 2.75) is 38.8 Å². The fourth-order valence-corrected chi connectivity index (χ4v) is 5.35. The minimum atomic E-state index is -0.623. The van der Waals surface area contributed by atoms with E-state index in [0.29, 0.717) is 28.9 Å². The van der Waals surface area contributed by atoms with Crippen LogP contribution in [0.4, 0.5) is 15.9 Å². The number of piperazine rings is 1. The van der Waals surface area contributed by atoms with Crippen molar-refractivity contribution in [1.82, 2.24) is 15.3 Å². The van der Waals surface area contributed by atoms with E-state index in [2.05, 4.69) is 26.3 Å². The van der Waals surface area contributed by atoms with Crippen LogP contribution in [0.15, 0.2) is 12.1 Å². The number of hydrogen-bond acceptors (Lipinski definition) is 7. The van der Waals surface area contributed by atoms with E-state index in [1.54, 1.807) is 12.1 Å². The van der Waals surface area contributed by atoms with Crippen molar-refractivity contribution in [3.8, 4) is 23.2 Å². The normalized spacial score (nSPS) is 19.7. The number of nitrogens with two attached hydrogens (primary N) is 1. The van der Waals surface area contributed by atoms with Crippen molar-refractivity contribution in [2.75, 3.05) is 30.8 Å². The number of hydrogen-bond donors (Lipinski definition) is 2. The molecule has 0 amide bonds. The Balaban J connectivity index is 1.78. The number of nitrogens with one attached hydrogen (secondary N) is 1. The first-order valence-electron chi connectivity index (χ1n) is 10.9. The highest BCUT2D eigenvalue weighted by molar-refractivity contribution is 6.34. The molecule has 3 N–H and O–H groups in total. The highest BCUT2D eigenvalue weighted by atomic mass is 35.5. The quantitative estimate of drug-likeness (QED) is 0.560. The van der Waals surface area contributed by atoms with Gasteiger partial charge in [-0.2, -0.15) is 15.2 Å². The number of methoxy groups -OCH3 is 1. The van der Waals surface area contributed by atoms with Gasteiger partial charge in [-0.25, -0.2) is 4.39 Å². The summed E-state index contributed by atoms with van der Waals surface area (Å²) < 4.78 is 21.5. The SMILES string of the molecule is COc1nc(N2CC3CCC(C2)N3)c2cc(Cl)c(-c3c(C)c(C)cc(N)c3C#N)c(F)c2n1. The summed E-state index contributed by atoms with van der Waals surface area (Å²) in [5.41, 5.74) is 8.76. The smallest absolute Gasteiger partial charge is 0.318 e. The van der Waals surface area contributed by atoms with Gasteiger partial charge in [-0.05, 0) is 49.9 Å². The maximum absolute atomic E-state index is 16.2. The summed E-state index contributed by atoms with van der Waals surface area (Å²) in [6.07, 6.45) is 2.21. The van der Waals surface area contributed by atoms with E-state index in [-0.39, 0.29) is 33.4 Å². The van der Waals surface area contributed by atoms with Crippen LogP contribution in [-0.2, 0) is 0 Å². The maximum atomic E-state index is 16.2. The zero-order valence-corrected chi connectivity index (χ0v) is 19.4. The third-order valence-electron chi connectivity index (χ3n) is 6.78. The third-order valence-corrected chi connectivity index (χ3v) is 7.08. The predicted molar refractivity (Wildman–Crippen MR) is 127 cm³/mol. The molecular weight excluding hydrogens is 443 g/mol. The van der Waals surface area contributed by atoms with Crippen LogP contribution in [0.1, 0.15) is 29.5 Å². The zero-order valence-electron chi connectivity index (χ0n) is 18.7. The van der Waals surface area contributed by atoms with Crippen molar-refractivity contribution >= 4 is 34.0 Å². The summed E-state index contributed by atoms with van der Waals surface area (Å²) in [5, 5.41) is 14.1. The summed E-state index contributed by atoms with van der Waals surface area (Å²) in [5.74, 6) is -0.0225. The second kappa shape index (κ2) is 8.01. The molecule has 2 bridgehead atoms. The molecular formula is C24H24ClFN6O. The average Bonchev–Trinajstić information content (AvgIpc) is 3.14. The fraction of sp³-hybridized carbons (Fsp3) is 0.375. The van der Waals surface area contributed by atoms with Crippen LogP contribution < -0.4 is 20.7 Å². The summed E-state index contributed by atoms with van der Waals surface area (Å²) >= 11 is 6.69. The van der Waals surface area contributed by atoms with Gasteiger partial charge < -0.3 is 20.7 Å². The second-order valence-electron chi connectivity index (χ2n) is 8.79. The van der Waals surface area contributed by atoms with Crippen molar-refractivity contribution in [2.24, 2.45) is 0 Å². The largest absolute Gasteiger partial charge is 0.467 e. The van der Waals surface area contributed by atoms with E-state index < -0.39 is 5.82 Å². The Bertz CT molecular complexity index is 1330. The number of fused-ring (bicyclic) bond motifs is 3. The van der Waals surface area contributed by atoms with Crippen molar-refractivity contribution in [3.05, 3.63) is 39.7 Å². The molecule has 2 saturated heterocycles. The van der Waals surface area contributed by atoms with Crippen molar-refractivity contribution in [3.63, 3.8) is 0 Å². The third kappa shape index (κ3) is 3.43. The monoisotopic (exact) mass is 466 g/mol. The maximum Gasteiger partial charge on any atom is 0.318 e. The number of nitrogen functional groups attached to an aromatic ring is 1. The van der Waals surface area contributed by atoms with E-state index in [9.17, 15) is 5.26 Å². The zero-order chi connectivity index (χ0) is 23.4. The van der Waals surface area contributed by atoms with Gasteiger partial charge in [0.05, 0.1) is 23.4 Å². The minimum absolute atomic E-state index is 0.0801. The lowest BCUT2D eigenvalue weighted by Gasteiger charge is -2.34. The van der Waals surface area contributed by atoms with E-state index in [4.69, 9.17) is 22.1 Å². The number of ether oxygens (including phenoxy) is 1. The van der Waals surface area contributed by atoms with Crippen LogP contribution in [0, 0.1) is 31.0 Å². The first-order chi connectivity index (χ1) is 15.8. The number of anilines is 2. The Kier molecular flexibility index (Phi) is 5.26. The lowest BCUT2D eigenvalue weighted by molar-refractivity contribution is 0.380. The molecule has 3 heterocycles. The van der Waals surface area contributed by atoms with Crippen LogP contribution in [0.5, 0.6) is 6.01 Å². The van der Waals surface area contributed by atoms with Crippen LogP contribution in [0.2, 0.25) is 5.02 Å². The van der Waals surface area contributed by atoms with Crippen LogP contribution in [0.3, 0.4) is 0 Å². The van der Waals surface area contributed by atoms with Gasteiger partial charge in [-0.1, -0.05) is 11.6 Å². The summed E-state index contributed by atoms with van der Waals surface area (Å²) in [6.45, 7) is 5.22. The summed E-state index contributed by atoms with van der Waals surface area (Å²) in [4.78, 5) is 11.1. The predicted octanol–water partition coefficient (Wildman–Crippen LogP) is 4.11. The molecule has 0 saturated carbocycles. The Hall–Kier alpha value is -3.15. The highest BCUT2D eigenvalue weighted by Crippen LogP contribution is 2.43. The molecule has 2 aliphatic rings. The van der Waals surface area contributed by atoms with Crippen LogP contribution in [0.25, 0.3) is 22.0 Å². The molecule has 2 atom stereocenters. The van der Waals surface area contributed by atoms with Crippen molar-refractivity contribution < 1.29 is 9.13 Å². The molecule has 2 aromatic carbocycles. The van der Waals surface area contributed by atoms with E-state index in [0.717, 1.165) is 37.1 Å². The lowest BCUT2D eigenvalue weighted by atomic mass is 9.90. The highest BCUT2D eigenvalue weighted by Gasteiger charge is 2.34. The number of rotatable bonds is 3. The first-order valence-corrected chi connectivity index (χ1v) is 11.2. The molecule has 0 aliphatic carbocycles. The Labute approximate surface area is 196 Å². The van der Waals surface area contributed by atoms with Gasteiger partial charge in [0.2, 0.25) is 0 Å². The van der Waals surface area contributed by atoms with Gasteiger partial charge in [0, 0.05) is 41.7 Å². The van der Waals surface area contributed by atoms with Gasteiger partial charge >= 0.3 is 6.01 Å². The van der Waals surface area contributed by atoms with Gasteiger partial charge in [0.25, 0.3) is 0 Å². The molecule has 9 heteroatoms. The number of nitrogens with zero attached hydrogens (tertiary/aromatic N) is 4. The number of halogens is 2. The molecule has 3 aromatic rings.